The summed E-state index contributed by atoms with van der Waals surface area (Å²) in [7, 11) is 0. The van der Waals surface area contributed by atoms with E-state index in [0.717, 1.165) is 63.1 Å². The summed E-state index contributed by atoms with van der Waals surface area (Å²) >= 11 is 0. The van der Waals surface area contributed by atoms with Crippen LogP contribution in [0.5, 0.6) is 0 Å². The Bertz CT molecular complexity index is 487. The lowest BCUT2D eigenvalue weighted by Crippen LogP contribution is -2.46. The molecule has 4 nitrogen and oxygen atoms in total. The minimum Gasteiger partial charge on any atom is -0.368 e. The fourth-order valence-corrected chi connectivity index (χ4v) is 2.80. The lowest BCUT2D eigenvalue weighted by Gasteiger charge is -2.36. The first-order chi connectivity index (χ1) is 10.3. The second kappa shape index (κ2) is 8.43. The van der Waals surface area contributed by atoms with Gasteiger partial charge in [-0.05, 0) is 31.5 Å². The summed E-state index contributed by atoms with van der Waals surface area (Å²) in [6.45, 7) is 5.17. The van der Waals surface area contributed by atoms with Gasteiger partial charge in [-0.3, -0.25) is 4.90 Å². The predicted molar refractivity (Wildman–Crippen MR) is 84.3 cm³/mol. The van der Waals surface area contributed by atoms with Gasteiger partial charge < -0.3 is 9.69 Å². The number of hydrogen-bond donors (Lipinski definition) is 0. The van der Waals surface area contributed by atoms with E-state index in [1.165, 1.54) is 6.42 Å². The number of carbonyl (C=O) groups is 1. The fourth-order valence-electron chi connectivity index (χ4n) is 2.80. The molecule has 1 fully saturated rings. The molecule has 1 aliphatic rings. The highest BCUT2D eigenvalue weighted by molar-refractivity contribution is 5.59. The Labute approximate surface area is 127 Å². The molecule has 112 valence electrons. The summed E-state index contributed by atoms with van der Waals surface area (Å²) < 4.78 is 0. The van der Waals surface area contributed by atoms with Gasteiger partial charge in [-0.15, -0.1) is 0 Å². The Kier molecular flexibility index (Phi) is 6.23. The zero-order valence-corrected chi connectivity index (χ0v) is 12.5. The van der Waals surface area contributed by atoms with Gasteiger partial charge in [0, 0.05) is 32.6 Å². The molecule has 4 heteroatoms. The standard InChI is InChI=1S/C17H23N3O/c18-15-16-7-3-4-8-17(16)20-12-10-19(11-13-20)9-5-1-2-6-14-21/h3-4,7-8,14H,1-2,5-6,9-13H2. The van der Waals surface area contributed by atoms with Crippen molar-refractivity contribution >= 4 is 12.0 Å². The highest BCUT2D eigenvalue weighted by Gasteiger charge is 2.18. The molecule has 0 aromatic heterocycles. The molecule has 21 heavy (non-hydrogen) atoms. The largest absolute Gasteiger partial charge is 0.368 e. The summed E-state index contributed by atoms with van der Waals surface area (Å²) in [6, 6.07) is 10.1. The number of hydrogen-bond acceptors (Lipinski definition) is 4. The molecule has 1 saturated heterocycles. The molecular weight excluding hydrogens is 262 g/mol. The highest BCUT2D eigenvalue weighted by atomic mass is 16.1. The zero-order chi connectivity index (χ0) is 14.9. The molecule has 1 heterocycles. The van der Waals surface area contributed by atoms with Crippen LogP contribution in [0.2, 0.25) is 0 Å². The van der Waals surface area contributed by atoms with Gasteiger partial charge in [0.05, 0.1) is 11.3 Å². The normalized spacial score (nSPS) is 15.7. The van der Waals surface area contributed by atoms with Crippen LogP contribution >= 0.6 is 0 Å². The van der Waals surface area contributed by atoms with Crippen LogP contribution in [0.15, 0.2) is 24.3 Å². The lowest BCUT2D eigenvalue weighted by molar-refractivity contribution is -0.107. The second-order valence-corrected chi connectivity index (χ2v) is 5.47. The number of nitrogens with zero attached hydrogens (tertiary/aromatic N) is 3. The first-order valence-electron chi connectivity index (χ1n) is 7.75. The van der Waals surface area contributed by atoms with Gasteiger partial charge in [0.2, 0.25) is 0 Å². The van der Waals surface area contributed by atoms with Gasteiger partial charge >= 0.3 is 0 Å². The molecule has 0 saturated carbocycles. The first-order valence-corrected chi connectivity index (χ1v) is 7.75. The van der Waals surface area contributed by atoms with Crippen molar-refractivity contribution in [2.24, 2.45) is 0 Å². The van der Waals surface area contributed by atoms with Crippen LogP contribution in [-0.2, 0) is 4.79 Å². The number of aldehydes is 1. The molecule has 1 aromatic carbocycles. The third-order valence-electron chi connectivity index (χ3n) is 4.03. The summed E-state index contributed by atoms with van der Waals surface area (Å²) in [5.41, 5.74) is 1.82. The number of benzene rings is 1. The molecule has 0 radical (unpaired) electrons. The average Bonchev–Trinajstić information content (AvgIpc) is 2.55. The number of para-hydroxylation sites is 1. The average molecular weight is 285 g/mol. The van der Waals surface area contributed by atoms with Crippen molar-refractivity contribution in [1.82, 2.24) is 4.90 Å². The van der Waals surface area contributed by atoms with Crippen molar-refractivity contribution in [2.45, 2.75) is 25.7 Å². The van der Waals surface area contributed by atoms with Crippen LogP contribution in [-0.4, -0.2) is 43.9 Å². The highest BCUT2D eigenvalue weighted by Crippen LogP contribution is 2.21. The molecule has 1 aliphatic heterocycles. The molecule has 0 amide bonds. The van der Waals surface area contributed by atoms with Crippen molar-refractivity contribution in [3.05, 3.63) is 29.8 Å². The van der Waals surface area contributed by atoms with Crippen molar-refractivity contribution in [1.29, 1.82) is 5.26 Å². The SMILES string of the molecule is N#Cc1ccccc1N1CCN(CCCCCC=O)CC1. The summed E-state index contributed by atoms with van der Waals surface area (Å²) in [5.74, 6) is 0. The monoisotopic (exact) mass is 285 g/mol. The third-order valence-corrected chi connectivity index (χ3v) is 4.03. The van der Waals surface area contributed by atoms with E-state index < -0.39 is 0 Å². The second-order valence-electron chi connectivity index (χ2n) is 5.47. The number of nitriles is 1. The van der Waals surface area contributed by atoms with Crippen LogP contribution in [0.25, 0.3) is 0 Å². The molecule has 0 aliphatic carbocycles. The summed E-state index contributed by atoms with van der Waals surface area (Å²) in [6.07, 6.45) is 5.02. The van der Waals surface area contributed by atoms with E-state index in [1.807, 2.05) is 24.3 Å². The smallest absolute Gasteiger partial charge is 0.119 e. The van der Waals surface area contributed by atoms with Crippen molar-refractivity contribution in [2.75, 3.05) is 37.6 Å². The Morgan fingerprint density at radius 2 is 1.86 bits per heavy atom. The van der Waals surface area contributed by atoms with E-state index in [0.29, 0.717) is 6.42 Å². The Morgan fingerprint density at radius 1 is 1.10 bits per heavy atom. The number of rotatable bonds is 7. The van der Waals surface area contributed by atoms with E-state index in [1.54, 1.807) is 0 Å². The van der Waals surface area contributed by atoms with E-state index in [-0.39, 0.29) is 0 Å². The number of piperazine rings is 1. The first kappa shape index (κ1) is 15.5. The number of carbonyl (C=O) groups excluding carboxylic acids is 1. The third kappa shape index (κ3) is 4.57. The molecule has 0 spiro atoms. The van der Waals surface area contributed by atoms with Gasteiger partial charge in [-0.2, -0.15) is 5.26 Å². The van der Waals surface area contributed by atoms with Crippen LogP contribution in [0.3, 0.4) is 0 Å². The van der Waals surface area contributed by atoms with E-state index in [4.69, 9.17) is 0 Å². The fraction of sp³-hybridized carbons (Fsp3) is 0.529. The van der Waals surface area contributed by atoms with E-state index in [2.05, 4.69) is 15.9 Å². The summed E-state index contributed by atoms with van der Waals surface area (Å²) in [5, 5.41) is 9.18. The van der Waals surface area contributed by atoms with Gasteiger partial charge in [0.1, 0.15) is 12.4 Å². The Morgan fingerprint density at radius 3 is 2.57 bits per heavy atom. The molecule has 0 N–H and O–H groups in total. The maximum Gasteiger partial charge on any atom is 0.119 e. The van der Waals surface area contributed by atoms with Crippen molar-refractivity contribution < 1.29 is 4.79 Å². The van der Waals surface area contributed by atoms with Crippen LogP contribution < -0.4 is 4.90 Å². The minimum absolute atomic E-state index is 0.693. The minimum atomic E-state index is 0.693. The maximum atomic E-state index is 10.3. The quantitative estimate of drug-likeness (QED) is 0.570. The van der Waals surface area contributed by atoms with Gasteiger partial charge in [-0.1, -0.05) is 18.6 Å². The number of unbranched alkanes of at least 4 members (excludes halogenated alkanes) is 3. The van der Waals surface area contributed by atoms with Gasteiger partial charge in [-0.25, -0.2) is 0 Å². The van der Waals surface area contributed by atoms with Crippen molar-refractivity contribution in [3.8, 4) is 6.07 Å². The zero-order valence-electron chi connectivity index (χ0n) is 12.5. The van der Waals surface area contributed by atoms with Crippen molar-refractivity contribution in [3.63, 3.8) is 0 Å². The lowest BCUT2D eigenvalue weighted by atomic mass is 10.1. The Hall–Kier alpha value is -1.86. The molecular formula is C17H23N3O. The summed E-state index contributed by atoms with van der Waals surface area (Å²) in [4.78, 5) is 15.0. The van der Waals surface area contributed by atoms with E-state index in [9.17, 15) is 10.1 Å². The number of anilines is 1. The van der Waals surface area contributed by atoms with Gasteiger partial charge in [0.15, 0.2) is 0 Å². The molecule has 0 atom stereocenters. The molecule has 2 rings (SSSR count). The molecule has 1 aromatic rings. The Balaban J connectivity index is 1.75. The predicted octanol–water partition coefficient (Wildman–Crippen LogP) is 2.44. The van der Waals surface area contributed by atoms with Crippen LogP contribution in [0.1, 0.15) is 31.2 Å². The van der Waals surface area contributed by atoms with Crippen LogP contribution in [0.4, 0.5) is 5.69 Å². The topological polar surface area (TPSA) is 47.3 Å². The molecule has 0 bridgehead atoms. The van der Waals surface area contributed by atoms with Crippen LogP contribution in [0, 0.1) is 11.3 Å². The molecule has 0 unspecified atom stereocenters. The maximum absolute atomic E-state index is 10.3. The van der Waals surface area contributed by atoms with E-state index >= 15 is 0 Å². The van der Waals surface area contributed by atoms with Gasteiger partial charge in [0.25, 0.3) is 0 Å².